The summed E-state index contributed by atoms with van der Waals surface area (Å²) in [5.74, 6) is 0.824. The van der Waals surface area contributed by atoms with Gasteiger partial charge < -0.3 is 9.84 Å². The van der Waals surface area contributed by atoms with Crippen molar-refractivity contribution < 1.29 is 9.84 Å². The molecule has 0 spiro atoms. The second kappa shape index (κ2) is 4.01. The summed E-state index contributed by atoms with van der Waals surface area (Å²) in [6.45, 7) is 3.63. The number of aromatic hydroxyl groups is 1. The molecule has 0 aromatic heterocycles. The van der Waals surface area contributed by atoms with Gasteiger partial charge in [0.1, 0.15) is 11.5 Å². The summed E-state index contributed by atoms with van der Waals surface area (Å²) in [6, 6.07) is 3.86. The number of phenols is 1. The van der Waals surface area contributed by atoms with E-state index in [0.717, 1.165) is 5.56 Å². The Hall–Kier alpha value is -1.69. The Morgan fingerprint density at radius 3 is 2.64 bits per heavy atom. The average Bonchev–Trinajstić information content (AvgIpc) is 2.18. The van der Waals surface area contributed by atoms with Crippen LogP contribution in [0.2, 0.25) is 0 Å². The summed E-state index contributed by atoms with van der Waals surface area (Å²) in [6.07, 6.45) is 0.225. The molecule has 0 aliphatic carbocycles. The van der Waals surface area contributed by atoms with Gasteiger partial charge in [0.05, 0.1) is 19.6 Å². The van der Waals surface area contributed by atoms with Gasteiger partial charge in [0.15, 0.2) is 0 Å². The van der Waals surface area contributed by atoms with Gasteiger partial charge in [-0.1, -0.05) is 0 Å². The number of rotatable bonds is 2. The Morgan fingerprint density at radius 2 is 2.14 bits per heavy atom. The van der Waals surface area contributed by atoms with Crippen molar-refractivity contribution >= 4 is 0 Å². The van der Waals surface area contributed by atoms with E-state index in [1.807, 2.05) is 19.1 Å². The minimum Gasteiger partial charge on any atom is -0.507 e. The Bertz CT molecular complexity index is 391. The quantitative estimate of drug-likeness (QED) is 0.778. The predicted molar refractivity (Wildman–Crippen MR) is 53.4 cm³/mol. The largest absolute Gasteiger partial charge is 0.507 e. The van der Waals surface area contributed by atoms with Crippen molar-refractivity contribution in [2.24, 2.45) is 0 Å². The summed E-state index contributed by atoms with van der Waals surface area (Å²) < 4.78 is 5.10. The highest BCUT2D eigenvalue weighted by Gasteiger charge is 2.12. The maximum Gasteiger partial charge on any atom is 0.126 e. The van der Waals surface area contributed by atoms with Crippen molar-refractivity contribution in [2.75, 3.05) is 7.11 Å². The summed E-state index contributed by atoms with van der Waals surface area (Å²) in [4.78, 5) is 0. The third-order valence-corrected chi connectivity index (χ3v) is 2.31. The molecule has 0 aliphatic rings. The zero-order valence-corrected chi connectivity index (χ0v) is 8.59. The Kier molecular flexibility index (Phi) is 2.98. The molecular weight excluding hydrogens is 178 g/mol. The number of methoxy groups -OCH3 is 1. The smallest absolute Gasteiger partial charge is 0.126 e. The van der Waals surface area contributed by atoms with Gasteiger partial charge in [-0.3, -0.25) is 0 Å². The molecule has 3 heteroatoms. The minimum absolute atomic E-state index is 0.170. The fourth-order valence-electron chi connectivity index (χ4n) is 1.44. The van der Waals surface area contributed by atoms with E-state index in [-0.39, 0.29) is 12.2 Å². The Labute approximate surface area is 83.6 Å². The van der Waals surface area contributed by atoms with E-state index >= 15 is 0 Å². The number of aryl methyl sites for hydroxylation is 1. The molecule has 0 saturated carbocycles. The van der Waals surface area contributed by atoms with Gasteiger partial charge in [0.2, 0.25) is 0 Å². The van der Waals surface area contributed by atoms with E-state index in [1.165, 1.54) is 0 Å². The molecule has 1 N–H and O–H groups in total. The van der Waals surface area contributed by atoms with Crippen molar-refractivity contribution in [1.29, 1.82) is 5.26 Å². The zero-order chi connectivity index (χ0) is 10.7. The molecule has 1 aromatic carbocycles. The van der Waals surface area contributed by atoms with Crippen molar-refractivity contribution in [3.05, 3.63) is 22.8 Å². The van der Waals surface area contributed by atoms with Gasteiger partial charge in [-0.05, 0) is 25.5 Å². The zero-order valence-electron chi connectivity index (χ0n) is 8.59. The van der Waals surface area contributed by atoms with Gasteiger partial charge in [-0.25, -0.2) is 0 Å². The van der Waals surface area contributed by atoms with Crippen LogP contribution < -0.4 is 4.74 Å². The standard InChI is InChI=1S/C11H13NO2/c1-7-6-10(14-3)8(2)11(13)9(7)4-5-12/h6,13H,4H2,1-3H3. The molecule has 0 bridgehead atoms. The van der Waals surface area contributed by atoms with Crippen molar-refractivity contribution in [1.82, 2.24) is 0 Å². The highest BCUT2D eigenvalue weighted by molar-refractivity contribution is 5.53. The fourth-order valence-corrected chi connectivity index (χ4v) is 1.44. The lowest BCUT2D eigenvalue weighted by atomic mass is 10.0. The summed E-state index contributed by atoms with van der Waals surface area (Å²) in [7, 11) is 1.56. The molecule has 0 amide bonds. The van der Waals surface area contributed by atoms with Gasteiger partial charge in [-0.2, -0.15) is 5.26 Å². The van der Waals surface area contributed by atoms with Crippen molar-refractivity contribution in [3.63, 3.8) is 0 Å². The maximum atomic E-state index is 9.79. The number of hydrogen-bond donors (Lipinski definition) is 1. The molecular formula is C11H13NO2. The maximum absolute atomic E-state index is 9.79. The first-order valence-corrected chi connectivity index (χ1v) is 4.34. The molecule has 3 nitrogen and oxygen atoms in total. The highest BCUT2D eigenvalue weighted by Crippen LogP contribution is 2.33. The van der Waals surface area contributed by atoms with Crippen LogP contribution in [0, 0.1) is 25.2 Å². The van der Waals surface area contributed by atoms with E-state index in [9.17, 15) is 5.11 Å². The summed E-state index contributed by atoms with van der Waals surface area (Å²) in [5.41, 5.74) is 2.25. The molecule has 0 heterocycles. The lowest BCUT2D eigenvalue weighted by Gasteiger charge is -2.12. The van der Waals surface area contributed by atoms with Crippen LogP contribution in [0.3, 0.4) is 0 Å². The average molecular weight is 191 g/mol. The van der Waals surface area contributed by atoms with Crippen LogP contribution in [0.15, 0.2) is 6.07 Å². The minimum atomic E-state index is 0.170. The van der Waals surface area contributed by atoms with Gasteiger partial charge >= 0.3 is 0 Å². The van der Waals surface area contributed by atoms with E-state index in [0.29, 0.717) is 16.9 Å². The predicted octanol–water partition coefficient (Wildman–Crippen LogP) is 2.08. The lowest BCUT2D eigenvalue weighted by Crippen LogP contribution is -1.95. The van der Waals surface area contributed by atoms with E-state index in [4.69, 9.17) is 10.00 Å². The third-order valence-electron chi connectivity index (χ3n) is 2.31. The van der Waals surface area contributed by atoms with Gasteiger partial charge in [-0.15, -0.1) is 0 Å². The molecule has 1 aromatic rings. The lowest BCUT2D eigenvalue weighted by molar-refractivity contribution is 0.401. The molecule has 0 saturated heterocycles. The molecule has 1 rings (SSSR count). The Morgan fingerprint density at radius 1 is 1.50 bits per heavy atom. The first-order valence-electron chi connectivity index (χ1n) is 4.34. The number of nitrogens with zero attached hydrogens (tertiary/aromatic N) is 1. The van der Waals surface area contributed by atoms with Crippen LogP contribution in [0.25, 0.3) is 0 Å². The topological polar surface area (TPSA) is 53.2 Å². The van der Waals surface area contributed by atoms with Crippen LogP contribution in [0.5, 0.6) is 11.5 Å². The van der Waals surface area contributed by atoms with Gasteiger partial charge in [0, 0.05) is 11.1 Å². The second-order valence-corrected chi connectivity index (χ2v) is 3.18. The third kappa shape index (κ3) is 1.64. The van der Waals surface area contributed by atoms with Crippen LogP contribution >= 0.6 is 0 Å². The Balaban J connectivity index is 3.35. The highest BCUT2D eigenvalue weighted by atomic mass is 16.5. The molecule has 0 fully saturated rings. The molecule has 0 atom stereocenters. The molecule has 14 heavy (non-hydrogen) atoms. The number of benzene rings is 1. The molecule has 0 aliphatic heterocycles. The monoisotopic (exact) mass is 191 g/mol. The first-order chi connectivity index (χ1) is 6.61. The molecule has 74 valence electrons. The SMILES string of the molecule is COc1cc(C)c(CC#N)c(O)c1C. The van der Waals surface area contributed by atoms with Crippen LogP contribution in [0.4, 0.5) is 0 Å². The van der Waals surface area contributed by atoms with Crippen LogP contribution in [-0.4, -0.2) is 12.2 Å². The molecule has 0 radical (unpaired) electrons. The number of hydrogen-bond acceptors (Lipinski definition) is 3. The number of phenolic OH excluding ortho intramolecular Hbond substituents is 1. The van der Waals surface area contributed by atoms with Crippen LogP contribution in [0.1, 0.15) is 16.7 Å². The van der Waals surface area contributed by atoms with E-state index in [1.54, 1.807) is 14.0 Å². The first kappa shape index (κ1) is 10.4. The molecule has 0 unspecified atom stereocenters. The van der Waals surface area contributed by atoms with E-state index < -0.39 is 0 Å². The number of ether oxygens (including phenoxy) is 1. The number of nitriles is 1. The van der Waals surface area contributed by atoms with Crippen LogP contribution in [-0.2, 0) is 6.42 Å². The van der Waals surface area contributed by atoms with Gasteiger partial charge in [0.25, 0.3) is 0 Å². The van der Waals surface area contributed by atoms with Crippen molar-refractivity contribution in [3.8, 4) is 17.6 Å². The second-order valence-electron chi connectivity index (χ2n) is 3.18. The fraction of sp³-hybridized carbons (Fsp3) is 0.364. The summed E-state index contributed by atoms with van der Waals surface area (Å²) in [5, 5.41) is 18.4. The summed E-state index contributed by atoms with van der Waals surface area (Å²) >= 11 is 0. The van der Waals surface area contributed by atoms with E-state index in [2.05, 4.69) is 0 Å². The normalized spacial score (nSPS) is 9.57. The van der Waals surface area contributed by atoms with Crippen molar-refractivity contribution in [2.45, 2.75) is 20.3 Å².